The molecule has 288 valence electrons. The maximum absolute atomic E-state index is 2.45. The molecule has 10 rings (SSSR count). The highest BCUT2D eigenvalue weighted by molar-refractivity contribution is 7.25. The lowest BCUT2D eigenvalue weighted by atomic mass is 9.86. The molecule has 10 aromatic rings. The number of benzene rings is 8. The van der Waals surface area contributed by atoms with Crippen LogP contribution in [0.3, 0.4) is 0 Å². The van der Waals surface area contributed by atoms with E-state index in [4.69, 9.17) is 0 Å². The second-order valence-electron chi connectivity index (χ2n) is 17.9. The van der Waals surface area contributed by atoms with Gasteiger partial charge < -0.3 is 9.47 Å². The molecule has 0 amide bonds. The molecule has 0 saturated carbocycles. The minimum Gasteiger partial charge on any atom is -0.310 e. The van der Waals surface area contributed by atoms with Gasteiger partial charge in [-0.3, -0.25) is 0 Å². The van der Waals surface area contributed by atoms with Crippen LogP contribution >= 0.6 is 11.3 Å². The molecule has 0 fully saturated rings. The number of hydrogen-bond donors (Lipinski definition) is 0. The molecule has 0 atom stereocenters. The third-order valence-corrected chi connectivity index (χ3v) is 13.1. The smallest absolute Gasteiger partial charge is 0.0547 e. The van der Waals surface area contributed by atoms with Crippen LogP contribution in [-0.4, -0.2) is 4.57 Å². The molecule has 2 heterocycles. The lowest BCUT2D eigenvalue weighted by molar-refractivity contribution is 0.590. The van der Waals surface area contributed by atoms with Gasteiger partial charge >= 0.3 is 0 Å². The quantitative estimate of drug-likeness (QED) is 0.163. The molecule has 59 heavy (non-hydrogen) atoms. The van der Waals surface area contributed by atoms with E-state index in [1.807, 2.05) is 11.3 Å². The fourth-order valence-electron chi connectivity index (χ4n) is 8.69. The summed E-state index contributed by atoms with van der Waals surface area (Å²) in [4.78, 5) is 2.42. The number of rotatable bonds is 6. The Hall–Kier alpha value is -6.42. The van der Waals surface area contributed by atoms with Gasteiger partial charge in [0.25, 0.3) is 0 Å². The lowest BCUT2D eigenvalue weighted by Crippen LogP contribution is -2.15. The van der Waals surface area contributed by atoms with Crippen molar-refractivity contribution < 1.29 is 0 Å². The fraction of sp³-hybridized carbons (Fsp3) is 0.143. The molecule has 0 aliphatic rings. The van der Waals surface area contributed by atoms with E-state index in [0.717, 1.165) is 22.7 Å². The van der Waals surface area contributed by atoms with Crippen molar-refractivity contribution >= 4 is 70.4 Å². The predicted octanol–water partition coefficient (Wildman–Crippen LogP) is 16.6. The summed E-state index contributed by atoms with van der Waals surface area (Å²) in [7, 11) is 0. The average Bonchev–Trinajstić information content (AvgIpc) is 3.78. The van der Waals surface area contributed by atoms with E-state index >= 15 is 0 Å². The zero-order valence-electron chi connectivity index (χ0n) is 34.6. The van der Waals surface area contributed by atoms with Gasteiger partial charge in [0.2, 0.25) is 0 Å². The van der Waals surface area contributed by atoms with E-state index in [1.165, 1.54) is 75.4 Å². The van der Waals surface area contributed by atoms with Crippen molar-refractivity contribution in [2.24, 2.45) is 0 Å². The second kappa shape index (κ2) is 14.1. The number of hydrogen-bond acceptors (Lipinski definition) is 2. The normalized spacial score (nSPS) is 12.2. The SMILES string of the molecule is CC(C)(C)c1ccc(N(c2ccc(C(C)(C)C)cc2)c2ccccc2-c2ccc3c4ccc(-c5ccc6sc7ccccc7c6c5)cc4n(-c4ccccc4)c3c2)cc1. The highest BCUT2D eigenvalue weighted by Gasteiger charge is 2.22. The van der Waals surface area contributed by atoms with Gasteiger partial charge in [0.05, 0.1) is 16.7 Å². The van der Waals surface area contributed by atoms with Crippen LogP contribution in [0.1, 0.15) is 52.7 Å². The molecule has 0 N–H and O–H groups in total. The summed E-state index contributed by atoms with van der Waals surface area (Å²) in [5, 5.41) is 5.13. The Morgan fingerprint density at radius 2 is 0.915 bits per heavy atom. The zero-order valence-corrected chi connectivity index (χ0v) is 35.4. The number of aromatic nitrogens is 1. The van der Waals surface area contributed by atoms with Gasteiger partial charge in [0.15, 0.2) is 0 Å². The topological polar surface area (TPSA) is 8.17 Å². The summed E-state index contributed by atoms with van der Waals surface area (Å²) in [5.74, 6) is 0. The maximum atomic E-state index is 2.45. The third-order valence-electron chi connectivity index (χ3n) is 11.9. The molecule has 8 aromatic carbocycles. The van der Waals surface area contributed by atoms with Gasteiger partial charge in [-0.2, -0.15) is 0 Å². The largest absolute Gasteiger partial charge is 0.310 e. The highest BCUT2D eigenvalue weighted by Crippen LogP contribution is 2.44. The Morgan fingerprint density at radius 3 is 1.56 bits per heavy atom. The van der Waals surface area contributed by atoms with Crippen LogP contribution in [0.25, 0.3) is 69.9 Å². The van der Waals surface area contributed by atoms with Crippen LogP contribution in [0.5, 0.6) is 0 Å². The van der Waals surface area contributed by atoms with Gasteiger partial charge in [0, 0.05) is 53.6 Å². The van der Waals surface area contributed by atoms with Gasteiger partial charge in [-0.15, -0.1) is 11.3 Å². The number of para-hydroxylation sites is 2. The average molecular weight is 781 g/mol. The van der Waals surface area contributed by atoms with Crippen LogP contribution in [0, 0.1) is 0 Å². The molecule has 2 nitrogen and oxygen atoms in total. The first kappa shape index (κ1) is 36.9. The van der Waals surface area contributed by atoms with Gasteiger partial charge in [-0.05, 0) is 111 Å². The summed E-state index contributed by atoms with van der Waals surface area (Å²) < 4.78 is 5.11. The van der Waals surface area contributed by atoms with Crippen molar-refractivity contribution in [3.63, 3.8) is 0 Å². The predicted molar refractivity (Wildman–Crippen MR) is 257 cm³/mol. The fourth-order valence-corrected chi connectivity index (χ4v) is 9.77. The summed E-state index contributed by atoms with van der Waals surface area (Å²) in [5.41, 5.74) is 14.5. The molecule has 3 heteroatoms. The Morgan fingerprint density at radius 1 is 0.407 bits per heavy atom. The molecule has 0 bridgehead atoms. The van der Waals surface area contributed by atoms with Crippen LogP contribution in [0.15, 0.2) is 182 Å². The number of thiophene rings is 1. The third kappa shape index (κ3) is 6.60. The molecule has 0 radical (unpaired) electrons. The van der Waals surface area contributed by atoms with E-state index in [1.54, 1.807) is 0 Å². The van der Waals surface area contributed by atoms with Crippen molar-refractivity contribution in [2.75, 3.05) is 4.90 Å². The van der Waals surface area contributed by atoms with E-state index in [2.05, 4.69) is 233 Å². The summed E-state index contributed by atoms with van der Waals surface area (Å²) >= 11 is 1.87. The van der Waals surface area contributed by atoms with E-state index in [-0.39, 0.29) is 10.8 Å². The number of nitrogens with zero attached hydrogens (tertiary/aromatic N) is 2. The Kier molecular flexibility index (Phi) is 8.85. The van der Waals surface area contributed by atoms with Crippen LogP contribution in [-0.2, 0) is 10.8 Å². The van der Waals surface area contributed by atoms with E-state index < -0.39 is 0 Å². The van der Waals surface area contributed by atoms with Crippen molar-refractivity contribution in [3.8, 4) is 27.9 Å². The monoisotopic (exact) mass is 780 g/mol. The van der Waals surface area contributed by atoms with E-state index in [0.29, 0.717) is 0 Å². The first-order valence-electron chi connectivity index (χ1n) is 20.7. The van der Waals surface area contributed by atoms with Crippen LogP contribution in [0.2, 0.25) is 0 Å². The van der Waals surface area contributed by atoms with Gasteiger partial charge in [-0.25, -0.2) is 0 Å². The molecular formula is C56H48N2S. The zero-order chi connectivity index (χ0) is 40.5. The van der Waals surface area contributed by atoms with Crippen molar-refractivity contribution in [2.45, 2.75) is 52.4 Å². The first-order chi connectivity index (χ1) is 28.5. The molecule has 0 aliphatic carbocycles. The lowest BCUT2D eigenvalue weighted by Gasteiger charge is -2.29. The molecule has 0 unspecified atom stereocenters. The minimum absolute atomic E-state index is 0.0650. The second-order valence-corrected chi connectivity index (χ2v) is 19.0. The molecule has 0 aliphatic heterocycles. The molecule has 0 saturated heterocycles. The summed E-state index contributed by atoms with van der Waals surface area (Å²) in [6.45, 7) is 13.7. The van der Waals surface area contributed by atoms with Crippen molar-refractivity contribution in [1.82, 2.24) is 4.57 Å². The summed E-state index contributed by atoms with van der Waals surface area (Å²) in [6, 6.07) is 67.7. The Balaban J connectivity index is 1.15. The van der Waals surface area contributed by atoms with Gasteiger partial charge in [0.1, 0.15) is 0 Å². The highest BCUT2D eigenvalue weighted by atomic mass is 32.1. The molecule has 0 spiro atoms. The standard InChI is InChI=1S/C56H48N2S/c1-55(2,3)40-23-27-43(28-24-40)57(44-29-25-41(26-30-44)56(4,5)6)50-18-12-10-16-45(50)39-21-32-47-46-31-20-38(35-51(46)58(52(47)36-39)42-14-8-7-9-15-42)37-22-33-54-49(34-37)48-17-11-13-19-53(48)59-54/h7-36H,1-6H3. The van der Waals surface area contributed by atoms with Gasteiger partial charge in [-0.1, -0.05) is 151 Å². The minimum atomic E-state index is 0.0650. The Bertz CT molecular complexity index is 3090. The molecular weight excluding hydrogens is 733 g/mol. The number of anilines is 3. The first-order valence-corrected chi connectivity index (χ1v) is 21.5. The van der Waals surface area contributed by atoms with Crippen molar-refractivity contribution in [3.05, 3.63) is 193 Å². The molecule has 2 aromatic heterocycles. The maximum Gasteiger partial charge on any atom is 0.0547 e. The van der Waals surface area contributed by atoms with E-state index in [9.17, 15) is 0 Å². The summed E-state index contributed by atoms with van der Waals surface area (Å²) in [6.07, 6.45) is 0. The van der Waals surface area contributed by atoms with Crippen molar-refractivity contribution in [1.29, 1.82) is 0 Å². The van der Waals surface area contributed by atoms with Crippen LogP contribution < -0.4 is 4.90 Å². The number of fused-ring (bicyclic) bond motifs is 6. The van der Waals surface area contributed by atoms with Crippen LogP contribution in [0.4, 0.5) is 17.1 Å². The Labute approximate surface area is 351 Å².